The number of fused-ring (bicyclic) bond motifs is 1. The summed E-state index contributed by atoms with van der Waals surface area (Å²) in [7, 11) is 3.67. The maximum atomic E-state index is 13.9. The normalized spacial score (nSPS) is 12.0. The third kappa shape index (κ3) is 4.96. The van der Waals surface area contributed by atoms with E-state index in [1.165, 1.54) is 0 Å². The molecule has 1 atom stereocenters. The Morgan fingerprint density at radius 2 is 1.35 bits per heavy atom. The fourth-order valence-electron chi connectivity index (χ4n) is 5.13. The second kappa shape index (κ2) is 10.7. The number of ketones is 2. The van der Waals surface area contributed by atoms with Crippen molar-refractivity contribution >= 4 is 22.5 Å². The van der Waals surface area contributed by atoms with Crippen LogP contribution in [0.2, 0.25) is 0 Å². The van der Waals surface area contributed by atoms with Crippen LogP contribution < -0.4 is 4.74 Å². The summed E-state index contributed by atoms with van der Waals surface area (Å²) in [4.78, 5) is 27.8. The van der Waals surface area contributed by atoms with Gasteiger partial charge in [0.15, 0.2) is 11.6 Å². The molecule has 0 bridgehead atoms. The number of aromatic nitrogens is 1. The quantitative estimate of drug-likeness (QED) is 0.165. The van der Waals surface area contributed by atoms with Crippen molar-refractivity contribution in [1.29, 1.82) is 0 Å². The number of methoxy groups -OCH3 is 1. The highest BCUT2D eigenvalue weighted by atomic mass is 16.5. The molecule has 0 aliphatic rings. The van der Waals surface area contributed by atoms with Crippen LogP contribution >= 0.6 is 0 Å². The van der Waals surface area contributed by atoms with Gasteiger partial charge in [0.25, 0.3) is 0 Å². The summed E-state index contributed by atoms with van der Waals surface area (Å²) in [6.45, 7) is 0. The zero-order chi connectivity index (χ0) is 25.8. The molecular formula is C33H29NO3. The SMILES string of the molecule is COc1cccc([C@@H](CC(C(=O)c2ccccc2)C(=O)c2ccccc2)c2cn(C)c3ccccc23)c1. The van der Waals surface area contributed by atoms with E-state index in [1.807, 2.05) is 79.8 Å². The summed E-state index contributed by atoms with van der Waals surface area (Å²) in [5.41, 5.74) is 4.27. The molecule has 4 aromatic carbocycles. The van der Waals surface area contributed by atoms with E-state index in [0.717, 1.165) is 27.8 Å². The molecule has 0 spiro atoms. The maximum Gasteiger partial charge on any atom is 0.173 e. The van der Waals surface area contributed by atoms with Crippen LogP contribution in [0.15, 0.2) is 115 Å². The molecule has 0 unspecified atom stereocenters. The van der Waals surface area contributed by atoms with Crippen molar-refractivity contribution in [2.45, 2.75) is 12.3 Å². The van der Waals surface area contributed by atoms with Crippen molar-refractivity contribution in [1.82, 2.24) is 4.57 Å². The molecule has 5 aromatic rings. The third-order valence-electron chi connectivity index (χ3n) is 7.02. The first-order valence-electron chi connectivity index (χ1n) is 12.4. The summed E-state index contributed by atoms with van der Waals surface area (Å²) >= 11 is 0. The van der Waals surface area contributed by atoms with E-state index in [-0.39, 0.29) is 17.5 Å². The van der Waals surface area contributed by atoms with E-state index in [9.17, 15) is 9.59 Å². The second-order valence-electron chi connectivity index (χ2n) is 9.29. The molecule has 4 nitrogen and oxygen atoms in total. The highest BCUT2D eigenvalue weighted by Crippen LogP contribution is 2.39. The number of aryl methyl sites for hydroxylation is 1. The molecule has 0 N–H and O–H groups in total. The molecule has 184 valence electrons. The van der Waals surface area contributed by atoms with Crippen molar-refractivity contribution in [2.75, 3.05) is 7.11 Å². The fourth-order valence-corrected chi connectivity index (χ4v) is 5.13. The van der Waals surface area contributed by atoms with Crippen molar-refractivity contribution in [2.24, 2.45) is 13.0 Å². The minimum Gasteiger partial charge on any atom is -0.497 e. The van der Waals surface area contributed by atoms with Gasteiger partial charge in [-0.25, -0.2) is 0 Å². The molecule has 4 heteroatoms. The standard InChI is InChI=1S/C33H29NO3/c1-34-22-30(27-18-9-10-19-31(27)34)28(25-16-11-17-26(20-25)37-2)21-29(32(35)23-12-5-3-6-13-23)33(36)24-14-7-4-8-15-24/h3-20,22,28-29H,21H2,1-2H3/t28-/m1/s1. The fraction of sp³-hybridized carbons (Fsp3) is 0.152. The first-order valence-corrected chi connectivity index (χ1v) is 12.4. The summed E-state index contributed by atoms with van der Waals surface area (Å²) in [5.74, 6) is -0.639. The summed E-state index contributed by atoms with van der Waals surface area (Å²) in [6.07, 6.45) is 2.45. The van der Waals surface area contributed by atoms with Gasteiger partial charge in [-0.05, 0) is 35.7 Å². The van der Waals surface area contributed by atoms with E-state index in [2.05, 4.69) is 22.9 Å². The van der Waals surface area contributed by atoms with Crippen LogP contribution in [0.4, 0.5) is 0 Å². The zero-order valence-electron chi connectivity index (χ0n) is 21.0. The van der Waals surface area contributed by atoms with Gasteiger partial charge in [0, 0.05) is 41.2 Å². The highest BCUT2D eigenvalue weighted by molar-refractivity contribution is 6.16. The smallest absolute Gasteiger partial charge is 0.173 e. The predicted molar refractivity (Wildman–Crippen MR) is 147 cm³/mol. The lowest BCUT2D eigenvalue weighted by Gasteiger charge is -2.23. The predicted octanol–water partition coefficient (Wildman–Crippen LogP) is 7.09. The first-order chi connectivity index (χ1) is 18.1. The number of benzene rings is 4. The van der Waals surface area contributed by atoms with Crippen LogP contribution in [0.1, 0.15) is 44.2 Å². The van der Waals surface area contributed by atoms with E-state index in [1.54, 1.807) is 31.4 Å². The molecule has 0 saturated carbocycles. The number of hydrogen-bond donors (Lipinski definition) is 0. The van der Waals surface area contributed by atoms with Gasteiger partial charge in [-0.3, -0.25) is 9.59 Å². The second-order valence-corrected chi connectivity index (χ2v) is 9.29. The third-order valence-corrected chi connectivity index (χ3v) is 7.02. The number of carbonyl (C=O) groups excluding carboxylic acids is 2. The molecule has 0 aliphatic heterocycles. The van der Waals surface area contributed by atoms with Crippen LogP contribution in [-0.4, -0.2) is 23.2 Å². The Bertz CT molecular complexity index is 1480. The molecule has 1 heterocycles. The van der Waals surface area contributed by atoms with Gasteiger partial charge < -0.3 is 9.30 Å². The van der Waals surface area contributed by atoms with Gasteiger partial charge in [-0.15, -0.1) is 0 Å². The Balaban J connectivity index is 1.66. The average Bonchev–Trinajstić information content (AvgIpc) is 3.30. The monoisotopic (exact) mass is 487 g/mol. The topological polar surface area (TPSA) is 48.3 Å². The Morgan fingerprint density at radius 3 is 1.97 bits per heavy atom. The van der Waals surface area contributed by atoms with Gasteiger partial charge in [0.2, 0.25) is 0 Å². The Morgan fingerprint density at radius 1 is 0.757 bits per heavy atom. The maximum absolute atomic E-state index is 13.9. The molecule has 0 saturated heterocycles. The van der Waals surface area contributed by atoms with E-state index in [4.69, 9.17) is 4.74 Å². The van der Waals surface area contributed by atoms with Gasteiger partial charge in [-0.2, -0.15) is 0 Å². The number of nitrogens with zero attached hydrogens (tertiary/aromatic N) is 1. The molecule has 5 rings (SSSR count). The number of para-hydroxylation sites is 1. The largest absolute Gasteiger partial charge is 0.497 e. The van der Waals surface area contributed by atoms with Crippen LogP contribution in [-0.2, 0) is 7.05 Å². The van der Waals surface area contributed by atoms with Crippen LogP contribution in [0, 0.1) is 5.92 Å². The minimum absolute atomic E-state index is 0.164. The van der Waals surface area contributed by atoms with Crippen LogP contribution in [0.25, 0.3) is 10.9 Å². The van der Waals surface area contributed by atoms with Crippen molar-refractivity contribution < 1.29 is 14.3 Å². The number of hydrogen-bond acceptors (Lipinski definition) is 3. The Labute approximate surface area is 217 Å². The van der Waals surface area contributed by atoms with Gasteiger partial charge >= 0.3 is 0 Å². The molecule has 0 fully saturated rings. The molecule has 1 aromatic heterocycles. The number of rotatable bonds is 9. The molecule has 0 radical (unpaired) electrons. The first kappa shape index (κ1) is 24.3. The zero-order valence-corrected chi connectivity index (χ0v) is 21.0. The van der Waals surface area contributed by atoms with Crippen molar-refractivity contribution in [3.63, 3.8) is 0 Å². The van der Waals surface area contributed by atoms with E-state index >= 15 is 0 Å². The Hall–Kier alpha value is -4.44. The number of ether oxygens (including phenoxy) is 1. The van der Waals surface area contributed by atoms with E-state index in [0.29, 0.717) is 17.5 Å². The summed E-state index contributed by atoms with van der Waals surface area (Å²) in [6, 6.07) is 34.4. The van der Waals surface area contributed by atoms with Gasteiger partial charge in [-0.1, -0.05) is 91.0 Å². The van der Waals surface area contributed by atoms with Gasteiger partial charge in [0.1, 0.15) is 5.75 Å². The van der Waals surface area contributed by atoms with Crippen molar-refractivity contribution in [3.05, 3.63) is 138 Å². The highest BCUT2D eigenvalue weighted by Gasteiger charge is 2.33. The lowest BCUT2D eigenvalue weighted by Crippen LogP contribution is -2.27. The molecule has 37 heavy (non-hydrogen) atoms. The van der Waals surface area contributed by atoms with E-state index < -0.39 is 5.92 Å². The van der Waals surface area contributed by atoms with Gasteiger partial charge in [0.05, 0.1) is 13.0 Å². The summed E-state index contributed by atoms with van der Waals surface area (Å²) in [5, 5.41) is 1.11. The Kier molecular flexibility index (Phi) is 7.00. The average molecular weight is 488 g/mol. The van der Waals surface area contributed by atoms with Crippen molar-refractivity contribution in [3.8, 4) is 5.75 Å². The molecule has 0 aliphatic carbocycles. The lowest BCUT2D eigenvalue weighted by molar-refractivity contribution is 0.0796. The molecule has 0 amide bonds. The number of carbonyl (C=O) groups is 2. The number of Topliss-reactive ketones (excluding diaryl/α,β-unsaturated/α-hetero) is 2. The van der Waals surface area contributed by atoms with Crippen LogP contribution in [0.3, 0.4) is 0 Å². The lowest BCUT2D eigenvalue weighted by atomic mass is 9.78. The minimum atomic E-state index is -0.847. The summed E-state index contributed by atoms with van der Waals surface area (Å²) < 4.78 is 7.64. The van der Waals surface area contributed by atoms with Crippen LogP contribution in [0.5, 0.6) is 5.75 Å². The molecular weight excluding hydrogens is 458 g/mol.